The lowest BCUT2D eigenvalue weighted by atomic mass is 10.0. The van der Waals surface area contributed by atoms with Gasteiger partial charge in [-0.1, -0.05) is 44.3 Å². The minimum Gasteiger partial charge on any atom is -0.369 e. The predicted molar refractivity (Wildman–Crippen MR) is 77.9 cm³/mol. The minimum absolute atomic E-state index is 0.218. The molecule has 2 N–H and O–H groups in total. The van der Waals surface area contributed by atoms with E-state index in [1.54, 1.807) is 0 Å². The smallest absolute Gasteiger partial charge is 0.283 e. The Kier molecular flexibility index (Phi) is 3.97. The normalized spacial score (nSPS) is 14.4. The van der Waals surface area contributed by atoms with Gasteiger partial charge < -0.3 is 10.6 Å². The van der Waals surface area contributed by atoms with Crippen LogP contribution in [0.15, 0.2) is 24.3 Å². The molecule has 0 spiro atoms. The van der Waals surface area contributed by atoms with Gasteiger partial charge >= 0.3 is 0 Å². The molecule has 0 radical (unpaired) electrons. The SMILES string of the molecule is CC(C)c1ccccc1NC(=O)C(=S)NC1CC1. The maximum absolute atomic E-state index is 11.9. The number of carbonyl (C=O) groups is 1. The fourth-order valence-electron chi connectivity index (χ4n) is 1.77. The molecule has 96 valence electrons. The van der Waals surface area contributed by atoms with E-state index in [0.717, 1.165) is 24.1 Å². The average molecular weight is 262 g/mol. The van der Waals surface area contributed by atoms with Crippen molar-refractivity contribution < 1.29 is 4.79 Å². The summed E-state index contributed by atoms with van der Waals surface area (Å²) in [5.41, 5.74) is 1.97. The van der Waals surface area contributed by atoms with Crippen molar-refractivity contribution in [2.75, 3.05) is 5.32 Å². The summed E-state index contributed by atoms with van der Waals surface area (Å²) in [6, 6.07) is 8.23. The Morgan fingerprint density at radius 2 is 2.00 bits per heavy atom. The van der Waals surface area contributed by atoms with Crippen LogP contribution < -0.4 is 10.6 Å². The van der Waals surface area contributed by atoms with Crippen LogP contribution >= 0.6 is 12.2 Å². The van der Waals surface area contributed by atoms with Gasteiger partial charge in [0.15, 0.2) is 4.99 Å². The van der Waals surface area contributed by atoms with E-state index in [2.05, 4.69) is 24.5 Å². The molecule has 1 aromatic carbocycles. The van der Waals surface area contributed by atoms with Gasteiger partial charge in [0.1, 0.15) is 0 Å². The molecule has 1 aliphatic carbocycles. The zero-order valence-electron chi connectivity index (χ0n) is 10.7. The Bertz CT molecular complexity index is 467. The predicted octanol–water partition coefficient (Wildman–Crippen LogP) is 2.83. The lowest BCUT2D eigenvalue weighted by Gasteiger charge is -2.14. The third-order valence-corrected chi connectivity index (χ3v) is 3.25. The van der Waals surface area contributed by atoms with E-state index < -0.39 is 0 Å². The number of carbonyl (C=O) groups excluding carboxylic acids is 1. The van der Waals surface area contributed by atoms with E-state index in [4.69, 9.17) is 12.2 Å². The van der Waals surface area contributed by atoms with Gasteiger partial charge in [-0.15, -0.1) is 0 Å². The van der Waals surface area contributed by atoms with Gasteiger partial charge in [0.25, 0.3) is 5.91 Å². The average Bonchev–Trinajstić information content (AvgIpc) is 3.13. The molecule has 3 nitrogen and oxygen atoms in total. The largest absolute Gasteiger partial charge is 0.369 e. The number of benzene rings is 1. The van der Waals surface area contributed by atoms with Gasteiger partial charge in [0.05, 0.1) is 0 Å². The van der Waals surface area contributed by atoms with Gasteiger partial charge in [-0.05, 0) is 30.4 Å². The first-order valence-corrected chi connectivity index (χ1v) is 6.69. The number of hydrogen-bond acceptors (Lipinski definition) is 2. The van der Waals surface area contributed by atoms with Crippen molar-refractivity contribution >= 4 is 28.8 Å². The van der Waals surface area contributed by atoms with E-state index in [0.29, 0.717) is 12.0 Å². The molecule has 0 aliphatic heterocycles. The first kappa shape index (κ1) is 13.0. The third-order valence-electron chi connectivity index (χ3n) is 2.95. The number of hydrogen-bond donors (Lipinski definition) is 2. The standard InChI is InChI=1S/C14H18N2OS/c1-9(2)11-5-3-4-6-12(11)16-13(17)14(18)15-10-7-8-10/h3-6,9-10H,7-8H2,1-2H3,(H,15,18)(H,16,17). The highest BCUT2D eigenvalue weighted by molar-refractivity contribution is 7.82. The monoisotopic (exact) mass is 262 g/mol. The maximum Gasteiger partial charge on any atom is 0.283 e. The molecule has 2 rings (SSSR count). The number of amides is 1. The van der Waals surface area contributed by atoms with E-state index >= 15 is 0 Å². The van der Waals surface area contributed by atoms with E-state index in [1.807, 2.05) is 24.3 Å². The van der Waals surface area contributed by atoms with Gasteiger partial charge in [-0.25, -0.2) is 0 Å². The summed E-state index contributed by atoms with van der Waals surface area (Å²) in [4.78, 5) is 12.2. The van der Waals surface area contributed by atoms with Crippen molar-refractivity contribution in [3.05, 3.63) is 29.8 Å². The Balaban J connectivity index is 2.03. The lowest BCUT2D eigenvalue weighted by molar-refractivity contribution is -0.110. The highest BCUT2D eigenvalue weighted by atomic mass is 32.1. The fraction of sp³-hybridized carbons (Fsp3) is 0.429. The highest BCUT2D eigenvalue weighted by Crippen LogP contribution is 2.24. The molecule has 0 saturated heterocycles. The number of para-hydroxylation sites is 1. The summed E-state index contributed by atoms with van der Waals surface area (Å²) in [6.45, 7) is 4.21. The first-order chi connectivity index (χ1) is 8.58. The van der Waals surface area contributed by atoms with Crippen molar-refractivity contribution in [3.8, 4) is 0 Å². The second-order valence-corrected chi connectivity index (χ2v) is 5.35. The highest BCUT2D eigenvalue weighted by Gasteiger charge is 2.24. The molecule has 0 aromatic heterocycles. The summed E-state index contributed by atoms with van der Waals surface area (Å²) < 4.78 is 0. The van der Waals surface area contributed by atoms with Crippen molar-refractivity contribution in [1.29, 1.82) is 0 Å². The topological polar surface area (TPSA) is 41.1 Å². The van der Waals surface area contributed by atoms with Gasteiger partial charge in [-0.2, -0.15) is 0 Å². The molecule has 18 heavy (non-hydrogen) atoms. The van der Waals surface area contributed by atoms with Crippen LogP contribution in [-0.4, -0.2) is 16.9 Å². The van der Waals surface area contributed by atoms with Crippen LogP contribution in [0.1, 0.15) is 38.2 Å². The molecule has 0 unspecified atom stereocenters. The molecular weight excluding hydrogens is 244 g/mol. The number of rotatable bonds is 3. The summed E-state index contributed by atoms with van der Waals surface area (Å²) in [6.07, 6.45) is 2.21. The molecule has 0 bridgehead atoms. The molecule has 1 aromatic rings. The van der Waals surface area contributed by atoms with E-state index in [-0.39, 0.29) is 10.9 Å². The second kappa shape index (κ2) is 5.48. The van der Waals surface area contributed by atoms with Crippen molar-refractivity contribution in [2.24, 2.45) is 0 Å². The zero-order chi connectivity index (χ0) is 13.1. The summed E-state index contributed by atoms with van der Waals surface area (Å²) in [7, 11) is 0. The summed E-state index contributed by atoms with van der Waals surface area (Å²) >= 11 is 5.08. The molecule has 4 heteroatoms. The molecule has 1 saturated carbocycles. The van der Waals surface area contributed by atoms with Crippen molar-refractivity contribution in [2.45, 2.75) is 38.6 Å². The number of thiocarbonyl (C=S) groups is 1. The second-order valence-electron chi connectivity index (χ2n) is 4.94. The Morgan fingerprint density at radius 1 is 1.33 bits per heavy atom. The molecule has 1 aliphatic rings. The zero-order valence-corrected chi connectivity index (χ0v) is 11.5. The number of nitrogens with one attached hydrogen (secondary N) is 2. The number of anilines is 1. The Hall–Kier alpha value is -1.42. The molecular formula is C14H18N2OS. The molecule has 0 heterocycles. The van der Waals surface area contributed by atoms with Crippen LogP contribution in [-0.2, 0) is 4.79 Å². The Morgan fingerprint density at radius 3 is 2.61 bits per heavy atom. The Labute approximate surface area is 113 Å². The van der Waals surface area contributed by atoms with E-state index in [1.165, 1.54) is 0 Å². The van der Waals surface area contributed by atoms with Crippen LogP contribution in [0.3, 0.4) is 0 Å². The van der Waals surface area contributed by atoms with E-state index in [9.17, 15) is 4.79 Å². The van der Waals surface area contributed by atoms with Crippen LogP contribution in [0.4, 0.5) is 5.69 Å². The lowest BCUT2D eigenvalue weighted by Crippen LogP contribution is -2.35. The van der Waals surface area contributed by atoms with Crippen molar-refractivity contribution in [1.82, 2.24) is 5.32 Å². The first-order valence-electron chi connectivity index (χ1n) is 6.28. The van der Waals surface area contributed by atoms with Crippen LogP contribution in [0.2, 0.25) is 0 Å². The van der Waals surface area contributed by atoms with Gasteiger partial charge in [0.2, 0.25) is 0 Å². The van der Waals surface area contributed by atoms with Gasteiger partial charge in [0, 0.05) is 11.7 Å². The van der Waals surface area contributed by atoms with Gasteiger partial charge in [-0.3, -0.25) is 4.79 Å². The summed E-state index contributed by atoms with van der Waals surface area (Å²) in [5.74, 6) is 0.150. The quantitative estimate of drug-likeness (QED) is 0.823. The van der Waals surface area contributed by atoms with Crippen LogP contribution in [0.5, 0.6) is 0 Å². The molecule has 0 atom stereocenters. The third kappa shape index (κ3) is 3.29. The molecule has 1 fully saturated rings. The fourth-order valence-corrected chi connectivity index (χ4v) is 1.99. The van der Waals surface area contributed by atoms with Crippen LogP contribution in [0, 0.1) is 0 Å². The van der Waals surface area contributed by atoms with Crippen LogP contribution in [0.25, 0.3) is 0 Å². The summed E-state index contributed by atoms with van der Waals surface area (Å²) in [5, 5.41) is 5.92. The maximum atomic E-state index is 11.9. The van der Waals surface area contributed by atoms with Crippen molar-refractivity contribution in [3.63, 3.8) is 0 Å². The minimum atomic E-state index is -0.218. The molecule has 1 amide bonds.